The number of nitrogens with one attached hydrogen (secondary N) is 1. The van der Waals surface area contributed by atoms with Gasteiger partial charge in [0.2, 0.25) is 0 Å². The third-order valence-corrected chi connectivity index (χ3v) is 2.38. The van der Waals surface area contributed by atoms with Crippen molar-refractivity contribution in [2.24, 2.45) is 5.73 Å². The summed E-state index contributed by atoms with van der Waals surface area (Å²) in [6.45, 7) is 4.27. The molecular weight excluding hydrogens is 206 g/mol. The van der Waals surface area contributed by atoms with Crippen LogP contribution in [-0.2, 0) is 15.0 Å². The first-order valence-corrected chi connectivity index (χ1v) is 4.91. The molecule has 0 atom stereocenters. The van der Waals surface area contributed by atoms with Crippen LogP contribution >= 0.6 is 0 Å². The van der Waals surface area contributed by atoms with E-state index >= 15 is 0 Å². The Labute approximate surface area is 94.1 Å². The lowest BCUT2D eigenvalue weighted by molar-refractivity contribution is -0.137. The summed E-state index contributed by atoms with van der Waals surface area (Å²) in [5.41, 5.74) is 5.61. The second kappa shape index (κ2) is 4.74. The number of nitrogens with zero attached hydrogens (tertiary/aromatic N) is 1. The van der Waals surface area contributed by atoms with Crippen LogP contribution in [0.15, 0.2) is 24.5 Å². The van der Waals surface area contributed by atoms with Crippen molar-refractivity contribution >= 4 is 11.8 Å². The predicted molar refractivity (Wildman–Crippen MR) is 59.5 cm³/mol. The second-order valence-electron chi connectivity index (χ2n) is 4.17. The molecule has 0 unspecified atom stereocenters. The zero-order valence-electron chi connectivity index (χ0n) is 9.36. The highest BCUT2D eigenvalue weighted by Crippen LogP contribution is 2.20. The molecule has 1 rings (SSSR count). The van der Waals surface area contributed by atoms with Crippen molar-refractivity contribution in [3.8, 4) is 0 Å². The molecule has 0 aliphatic rings. The molecule has 0 aliphatic carbocycles. The van der Waals surface area contributed by atoms with Crippen molar-refractivity contribution in [1.82, 2.24) is 10.3 Å². The van der Waals surface area contributed by atoms with Crippen molar-refractivity contribution in [3.05, 3.63) is 30.1 Å². The van der Waals surface area contributed by atoms with Gasteiger partial charge in [-0.05, 0) is 17.7 Å². The van der Waals surface area contributed by atoms with Crippen LogP contribution in [0.5, 0.6) is 0 Å². The number of nitrogens with two attached hydrogens (primary N) is 1. The molecule has 3 N–H and O–H groups in total. The number of rotatable bonds is 3. The Bertz CT molecular complexity index is 387. The first-order valence-electron chi connectivity index (χ1n) is 4.91. The van der Waals surface area contributed by atoms with Crippen molar-refractivity contribution in [3.63, 3.8) is 0 Å². The maximum absolute atomic E-state index is 11.0. The summed E-state index contributed by atoms with van der Waals surface area (Å²) in [4.78, 5) is 25.5. The minimum Gasteiger partial charge on any atom is -0.361 e. The lowest BCUT2D eigenvalue weighted by Gasteiger charge is -2.25. The predicted octanol–water partition coefficient (Wildman–Crippen LogP) is -0.0393. The fourth-order valence-electron chi connectivity index (χ4n) is 1.29. The molecule has 0 saturated heterocycles. The van der Waals surface area contributed by atoms with Gasteiger partial charge < -0.3 is 11.1 Å². The normalized spacial score (nSPS) is 10.9. The molecule has 0 saturated carbocycles. The fourth-order valence-corrected chi connectivity index (χ4v) is 1.29. The largest absolute Gasteiger partial charge is 0.361 e. The number of carbonyl (C=O) groups is 2. The van der Waals surface area contributed by atoms with Crippen LogP contribution in [0.1, 0.15) is 19.4 Å². The van der Waals surface area contributed by atoms with Crippen LogP contribution in [0.25, 0.3) is 0 Å². The summed E-state index contributed by atoms with van der Waals surface area (Å²) < 4.78 is 0. The summed E-state index contributed by atoms with van der Waals surface area (Å²) in [6.07, 6.45) is 3.37. The first-order chi connectivity index (χ1) is 7.43. The van der Waals surface area contributed by atoms with Gasteiger partial charge in [0, 0.05) is 24.4 Å². The second-order valence-corrected chi connectivity index (χ2v) is 4.17. The SMILES string of the molecule is CC(C)(CNC(=O)C(N)=O)c1ccncc1. The monoisotopic (exact) mass is 221 g/mol. The Morgan fingerprint density at radius 3 is 2.44 bits per heavy atom. The fraction of sp³-hybridized carbons (Fsp3) is 0.364. The van der Waals surface area contributed by atoms with Gasteiger partial charge in [0.25, 0.3) is 0 Å². The van der Waals surface area contributed by atoms with Crippen LogP contribution in [0.2, 0.25) is 0 Å². The molecule has 0 radical (unpaired) electrons. The summed E-state index contributed by atoms with van der Waals surface area (Å²) in [5.74, 6) is -1.73. The maximum Gasteiger partial charge on any atom is 0.309 e. The number of hydrogen-bond acceptors (Lipinski definition) is 3. The van der Waals surface area contributed by atoms with Gasteiger partial charge in [0.1, 0.15) is 0 Å². The van der Waals surface area contributed by atoms with E-state index < -0.39 is 11.8 Å². The molecule has 0 bridgehead atoms. The van der Waals surface area contributed by atoms with Crippen LogP contribution in [0.3, 0.4) is 0 Å². The zero-order valence-corrected chi connectivity index (χ0v) is 9.36. The zero-order chi connectivity index (χ0) is 12.2. The van der Waals surface area contributed by atoms with Crippen LogP contribution in [0.4, 0.5) is 0 Å². The van der Waals surface area contributed by atoms with E-state index in [1.807, 2.05) is 26.0 Å². The van der Waals surface area contributed by atoms with Crippen LogP contribution < -0.4 is 11.1 Å². The molecule has 5 heteroatoms. The smallest absolute Gasteiger partial charge is 0.309 e. The molecule has 1 aromatic heterocycles. The number of pyridine rings is 1. The van der Waals surface area contributed by atoms with Gasteiger partial charge in [0.05, 0.1) is 0 Å². The number of amides is 2. The highest BCUT2D eigenvalue weighted by Gasteiger charge is 2.22. The van der Waals surface area contributed by atoms with Crippen LogP contribution in [-0.4, -0.2) is 23.3 Å². The Hall–Kier alpha value is -1.91. The van der Waals surface area contributed by atoms with E-state index in [0.717, 1.165) is 5.56 Å². The molecule has 1 heterocycles. The molecular formula is C11H15N3O2. The third-order valence-electron chi connectivity index (χ3n) is 2.38. The molecule has 16 heavy (non-hydrogen) atoms. The number of aromatic nitrogens is 1. The highest BCUT2D eigenvalue weighted by atomic mass is 16.2. The molecule has 0 aromatic carbocycles. The lowest BCUT2D eigenvalue weighted by Crippen LogP contribution is -2.42. The molecule has 0 aliphatic heterocycles. The topological polar surface area (TPSA) is 85.1 Å². The van der Waals surface area contributed by atoms with Gasteiger partial charge in [-0.25, -0.2) is 0 Å². The van der Waals surface area contributed by atoms with Crippen LogP contribution in [0, 0.1) is 0 Å². The van der Waals surface area contributed by atoms with Crippen molar-refractivity contribution < 1.29 is 9.59 Å². The van der Waals surface area contributed by atoms with Gasteiger partial charge in [-0.2, -0.15) is 0 Å². The Morgan fingerprint density at radius 1 is 1.38 bits per heavy atom. The summed E-state index contributed by atoms with van der Waals surface area (Å²) in [7, 11) is 0. The quantitative estimate of drug-likeness (QED) is 0.702. The Kier molecular flexibility index (Phi) is 3.60. The van der Waals surface area contributed by atoms with E-state index in [-0.39, 0.29) is 5.41 Å². The van der Waals surface area contributed by atoms with E-state index in [9.17, 15) is 9.59 Å². The molecule has 0 fully saturated rings. The van der Waals surface area contributed by atoms with Gasteiger partial charge in [-0.1, -0.05) is 13.8 Å². The minimum atomic E-state index is -0.967. The average Bonchev–Trinajstić information content (AvgIpc) is 2.27. The summed E-state index contributed by atoms with van der Waals surface area (Å²) in [5, 5.41) is 2.49. The van der Waals surface area contributed by atoms with Gasteiger partial charge >= 0.3 is 11.8 Å². The summed E-state index contributed by atoms with van der Waals surface area (Å²) >= 11 is 0. The number of primary amides is 1. The molecule has 86 valence electrons. The van der Waals surface area contributed by atoms with Crippen molar-refractivity contribution in [2.75, 3.05) is 6.54 Å². The Morgan fingerprint density at radius 2 is 1.94 bits per heavy atom. The maximum atomic E-state index is 11.0. The number of carbonyl (C=O) groups excluding carboxylic acids is 2. The third kappa shape index (κ3) is 3.05. The molecule has 0 spiro atoms. The van der Waals surface area contributed by atoms with Crippen molar-refractivity contribution in [1.29, 1.82) is 0 Å². The molecule has 1 aromatic rings. The highest BCUT2D eigenvalue weighted by molar-refractivity contribution is 6.34. The Balaban J connectivity index is 2.66. The summed E-state index contributed by atoms with van der Waals surface area (Å²) in [6, 6.07) is 3.74. The minimum absolute atomic E-state index is 0.270. The molecule has 5 nitrogen and oxygen atoms in total. The van der Waals surface area contributed by atoms with Gasteiger partial charge in [0.15, 0.2) is 0 Å². The van der Waals surface area contributed by atoms with E-state index in [0.29, 0.717) is 6.54 Å². The van der Waals surface area contributed by atoms with Gasteiger partial charge in [-0.3, -0.25) is 14.6 Å². The van der Waals surface area contributed by atoms with Gasteiger partial charge in [-0.15, -0.1) is 0 Å². The van der Waals surface area contributed by atoms with E-state index in [1.54, 1.807) is 12.4 Å². The standard InChI is InChI=1S/C11H15N3O2/c1-11(2,7-14-10(16)9(12)15)8-3-5-13-6-4-8/h3-6H,7H2,1-2H3,(H2,12,15)(H,14,16). The van der Waals surface area contributed by atoms with Crippen molar-refractivity contribution in [2.45, 2.75) is 19.3 Å². The first kappa shape index (κ1) is 12.2. The average molecular weight is 221 g/mol. The lowest BCUT2D eigenvalue weighted by atomic mass is 9.85. The van der Waals surface area contributed by atoms with E-state index in [2.05, 4.69) is 10.3 Å². The number of hydrogen-bond donors (Lipinski definition) is 2. The van der Waals surface area contributed by atoms with E-state index in [1.165, 1.54) is 0 Å². The van der Waals surface area contributed by atoms with E-state index in [4.69, 9.17) is 5.73 Å². The molecule has 2 amide bonds.